The van der Waals surface area contributed by atoms with E-state index in [0.29, 0.717) is 22.8 Å². The van der Waals surface area contributed by atoms with Crippen LogP contribution in [0.1, 0.15) is 5.56 Å². The molecule has 0 aliphatic carbocycles. The van der Waals surface area contributed by atoms with Crippen LogP contribution in [0.15, 0.2) is 23.0 Å². The van der Waals surface area contributed by atoms with Crippen LogP contribution in [0, 0.1) is 6.92 Å². The van der Waals surface area contributed by atoms with E-state index in [0.717, 1.165) is 31.7 Å². The number of hydrogen-bond donors (Lipinski definition) is 3. The topological polar surface area (TPSA) is 96.3 Å². The number of methoxy groups -OCH3 is 1. The number of nitrogens with one attached hydrogen (secondary N) is 2. The van der Waals surface area contributed by atoms with Gasteiger partial charge >= 0.3 is 0 Å². The van der Waals surface area contributed by atoms with Crippen LogP contribution < -0.4 is 26.2 Å². The second-order valence-electron chi connectivity index (χ2n) is 5.57. The number of H-pyrrole nitrogens is 1. The van der Waals surface area contributed by atoms with Gasteiger partial charge in [-0.1, -0.05) is 12.1 Å². The molecular weight excluding hydrogens is 294 g/mol. The molecule has 1 aromatic carbocycles. The second-order valence-corrected chi connectivity index (χ2v) is 5.57. The quantitative estimate of drug-likeness (QED) is 0.773. The number of hydrogen-bond acceptors (Lipinski definition) is 6. The largest absolute Gasteiger partial charge is 0.496 e. The van der Waals surface area contributed by atoms with Crippen LogP contribution >= 0.6 is 0 Å². The molecule has 0 amide bonds. The summed E-state index contributed by atoms with van der Waals surface area (Å²) in [6.07, 6.45) is 0. The van der Waals surface area contributed by atoms with Gasteiger partial charge in [0.15, 0.2) is 0 Å². The summed E-state index contributed by atoms with van der Waals surface area (Å²) in [5.41, 5.74) is 7.91. The monoisotopic (exact) mass is 315 g/mol. The van der Waals surface area contributed by atoms with Crippen LogP contribution in [-0.4, -0.2) is 43.3 Å². The van der Waals surface area contributed by atoms with Crippen molar-refractivity contribution in [1.29, 1.82) is 0 Å². The first-order valence-corrected chi connectivity index (χ1v) is 7.60. The summed E-state index contributed by atoms with van der Waals surface area (Å²) in [5, 5.41) is 3.26. The van der Waals surface area contributed by atoms with Crippen LogP contribution in [0.25, 0.3) is 11.1 Å². The van der Waals surface area contributed by atoms with Crippen molar-refractivity contribution < 1.29 is 4.74 Å². The molecule has 0 saturated carbocycles. The van der Waals surface area contributed by atoms with Crippen molar-refractivity contribution in [2.45, 2.75) is 6.92 Å². The van der Waals surface area contributed by atoms with Gasteiger partial charge in [0, 0.05) is 26.2 Å². The van der Waals surface area contributed by atoms with E-state index >= 15 is 0 Å². The van der Waals surface area contributed by atoms with E-state index in [9.17, 15) is 4.79 Å². The molecule has 1 aliphatic heterocycles. The van der Waals surface area contributed by atoms with Crippen molar-refractivity contribution >= 4 is 11.8 Å². The molecule has 1 saturated heterocycles. The Morgan fingerprint density at radius 3 is 2.70 bits per heavy atom. The predicted molar refractivity (Wildman–Crippen MR) is 91.1 cm³/mol. The first-order chi connectivity index (χ1) is 11.1. The summed E-state index contributed by atoms with van der Waals surface area (Å²) in [4.78, 5) is 21.8. The lowest BCUT2D eigenvalue weighted by molar-refractivity contribution is 0.412. The number of aromatic nitrogens is 2. The van der Waals surface area contributed by atoms with Crippen LogP contribution in [0.5, 0.6) is 5.75 Å². The zero-order valence-corrected chi connectivity index (χ0v) is 13.3. The first-order valence-electron chi connectivity index (χ1n) is 7.60. The molecular formula is C16H21N5O2. The number of aromatic amines is 1. The van der Waals surface area contributed by atoms with E-state index in [-0.39, 0.29) is 11.4 Å². The zero-order chi connectivity index (χ0) is 16.4. The third-order valence-electron chi connectivity index (χ3n) is 4.05. The molecule has 0 spiro atoms. The van der Waals surface area contributed by atoms with Crippen LogP contribution in [0.4, 0.5) is 11.8 Å². The lowest BCUT2D eigenvalue weighted by Crippen LogP contribution is -2.44. The Balaban J connectivity index is 2.02. The zero-order valence-electron chi connectivity index (χ0n) is 13.3. The van der Waals surface area contributed by atoms with Gasteiger partial charge in [-0.2, -0.15) is 4.98 Å². The number of nitrogen functional groups attached to an aromatic ring is 1. The van der Waals surface area contributed by atoms with Gasteiger partial charge in [-0.3, -0.25) is 9.78 Å². The average molecular weight is 315 g/mol. The molecule has 2 heterocycles. The molecule has 0 unspecified atom stereocenters. The normalized spacial score (nSPS) is 14.8. The summed E-state index contributed by atoms with van der Waals surface area (Å²) in [7, 11) is 1.60. The SMILES string of the molecule is COc1cc(-c2c(N)nc(N3CCNCC3)[nH]c2=O)ccc1C. The van der Waals surface area contributed by atoms with Crippen molar-refractivity contribution in [3.05, 3.63) is 34.1 Å². The number of nitrogens with two attached hydrogens (primary N) is 1. The van der Waals surface area contributed by atoms with Crippen molar-refractivity contribution in [2.24, 2.45) is 0 Å². The molecule has 4 N–H and O–H groups in total. The minimum Gasteiger partial charge on any atom is -0.496 e. The van der Waals surface area contributed by atoms with E-state index in [1.165, 1.54) is 0 Å². The van der Waals surface area contributed by atoms with Crippen molar-refractivity contribution in [1.82, 2.24) is 15.3 Å². The van der Waals surface area contributed by atoms with Crippen molar-refractivity contribution in [3.8, 4) is 16.9 Å². The maximum Gasteiger partial charge on any atom is 0.262 e. The molecule has 7 nitrogen and oxygen atoms in total. The highest BCUT2D eigenvalue weighted by Crippen LogP contribution is 2.27. The molecule has 0 radical (unpaired) electrons. The van der Waals surface area contributed by atoms with Gasteiger partial charge in [0.1, 0.15) is 11.6 Å². The number of rotatable bonds is 3. The number of piperazine rings is 1. The van der Waals surface area contributed by atoms with Gasteiger partial charge in [-0.05, 0) is 24.1 Å². The standard InChI is InChI=1S/C16H21N5O2/c1-10-3-4-11(9-12(10)23-2)13-14(17)19-16(20-15(13)22)21-7-5-18-6-8-21/h3-4,9,18H,5-8H2,1-2H3,(H3,17,19,20,22). The third-order valence-corrected chi connectivity index (χ3v) is 4.05. The fourth-order valence-electron chi connectivity index (χ4n) is 2.76. The summed E-state index contributed by atoms with van der Waals surface area (Å²) in [6, 6.07) is 5.56. The maximum atomic E-state index is 12.5. The molecule has 3 rings (SSSR count). The lowest BCUT2D eigenvalue weighted by Gasteiger charge is -2.28. The van der Waals surface area contributed by atoms with Gasteiger partial charge in [0.05, 0.1) is 12.7 Å². The molecule has 0 bridgehead atoms. The first kappa shape index (κ1) is 15.4. The Bertz CT molecular complexity index is 766. The number of benzene rings is 1. The number of ether oxygens (including phenoxy) is 1. The second kappa shape index (κ2) is 6.29. The van der Waals surface area contributed by atoms with E-state index in [1.54, 1.807) is 7.11 Å². The molecule has 1 aromatic heterocycles. The molecule has 1 fully saturated rings. The molecule has 2 aromatic rings. The van der Waals surface area contributed by atoms with E-state index < -0.39 is 0 Å². The number of aryl methyl sites for hydroxylation is 1. The Morgan fingerprint density at radius 1 is 1.30 bits per heavy atom. The van der Waals surface area contributed by atoms with Crippen molar-refractivity contribution in [3.63, 3.8) is 0 Å². The summed E-state index contributed by atoms with van der Waals surface area (Å²) >= 11 is 0. The number of anilines is 2. The number of nitrogens with zero attached hydrogens (tertiary/aromatic N) is 2. The molecule has 122 valence electrons. The highest BCUT2D eigenvalue weighted by Gasteiger charge is 2.17. The third kappa shape index (κ3) is 3.00. The van der Waals surface area contributed by atoms with Crippen LogP contribution in [0.2, 0.25) is 0 Å². The van der Waals surface area contributed by atoms with Gasteiger partial charge in [0.2, 0.25) is 5.95 Å². The summed E-state index contributed by atoms with van der Waals surface area (Å²) < 4.78 is 5.32. The summed E-state index contributed by atoms with van der Waals surface area (Å²) in [5.74, 6) is 1.47. The van der Waals surface area contributed by atoms with E-state index in [4.69, 9.17) is 10.5 Å². The van der Waals surface area contributed by atoms with Crippen LogP contribution in [0.3, 0.4) is 0 Å². The Labute approximate surface area is 134 Å². The fourth-order valence-corrected chi connectivity index (χ4v) is 2.76. The minimum atomic E-state index is -0.239. The smallest absolute Gasteiger partial charge is 0.262 e. The highest BCUT2D eigenvalue weighted by atomic mass is 16.5. The minimum absolute atomic E-state index is 0.230. The average Bonchev–Trinajstić information content (AvgIpc) is 2.56. The lowest BCUT2D eigenvalue weighted by atomic mass is 10.1. The predicted octanol–water partition coefficient (Wildman–Crippen LogP) is 0.746. The highest BCUT2D eigenvalue weighted by molar-refractivity contribution is 5.75. The fraction of sp³-hybridized carbons (Fsp3) is 0.375. The summed E-state index contributed by atoms with van der Waals surface area (Å²) in [6.45, 7) is 5.25. The molecule has 0 atom stereocenters. The maximum absolute atomic E-state index is 12.5. The molecule has 7 heteroatoms. The molecule has 23 heavy (non-hydrogen) atoms. The Morgan fingerprint density at radius 2 is 2.04 bits per heavy atom. The van der Waals surface area contributed by atoms with E-state index in [2.05, 4.69) is 15.3 Å². The van der Waals surface area contributed by atoms with Gasteiger partial charge in [0.25, 0.3) is 5.56 Å². The van der Waals surface area contributed by atoms with Crippen molar-refractivity contribution in [2.75, 3.05) is 43.9 Å². The van der Waals surface area contributed by atoms with Gasteiger partial charge in [-0.15, -0.1) is 0 Å². The Kier molecular flexibility index (Phi) is 4.20. The Hall–Kier alpha value is -2.54. The van der Waals surface area contributed by atoms with E-state index in [1.807, 2.05) is 30.0 Å². The molecule has 1 aliphatic rings. The van der Waals surface area contributed by atoms with Gasteiger partial charge in [-0.25, -0.2) is 0 Å². The van der Waals surface area contributed by atoms with Gasteiger partial charge < -0.3 is 20.7 Å². The van der Waals surface area contributed by atoms with Crippen LogP contribution in [-0.2, 0) is 0 Å².